The number of aryl methyl sites for hydroxylation is 1. The Morgan fingerprint density at radius 2 is 1.76 bits per heavy atom. The minimum absolute atomic E-state index is 0. The average molecular weight is 382 g/mol. The van der Waals surface area contributed by atoms with Gasteiger partial charge in [0.2, 0.25) is 0 Å². The molecule has 3 rings (SSSR count). The largest absolute Gasteiger partial charge is 0.295 e. The summed E-state index contributed by atoms with van der Waals surface area (Å²) >= 11 is 6.01. The lowest BCUT2D eigenvalue weighted by Crippen LogP contribution is -2.43. The minimum Gasteiger partial charge on any atom is -0.295 e. The van der Waals surface area contributed by atoms with E-state index in [-0.39, 0.29) is 18.2 Å². The Morgan fingerprint density at radius 1 is 1.08 bits per heavy atom. The van der Waals surface area contributed by atoms with Gasteiger partial charge in [0.25, 0.3) is 0 Å². The van der Waals surface area contributed by atoms with Crippen molar-refractivity contribution in [3.8, 4) is 0 Å². The molecular weight excluding hydrogens is 360 g/mol. The molecule has 0 saturated carbocycles. The van der Waals surface area contributed by atoms with Crippen LogP contribution >= 0.6 is 24.0 Å². The van der Waals surface area contributed by atoms with E-state index in [0.717, 1.165) is 32.7 Å². The van der Waals surface area contributed by atoms with Crippen LogP contribution in [0.4, 0.5) is 4.39 Å². The molecule has 1 heterocycles. The van der Waals surface area contributed by atoms with Gasteiger partial charge < -0.3 is 0 Å². The van der Waals surface area contributed by atoms with E-state index in [1.54, 1.807) is 12.1 Å². The predicted molar refractivity (Wildman–Crippen MR) is 104 cm³/mol. The molecule has 1 aliphatic rings. The van der Waals surface area contributed by atoms with Gasteiger partial charge in [-0.15, -0.1) is 12.4 Å². The molecule has 2 aromatic rings. The zero-order valence-electron chi connectivity index (χ0n) is 14.2. The van der Waals surface area contributed by atoms with E-state index in [2.05, 4.69) is 41.2 Å². The van der Waals surface area contributed by atoms with E-state index < -0.39 is 0 Å². The van der Waals surface area contributed by atoms with E-state index in [1.165, 1.54) is 23.4 Å². The number of benzene rings is 2. The average Bonchev–Trinajstić information content (AvgIpc) is 2.58. The van der Waals surface area contributed by atoms with Crippen molar-refractivity contribution in [3.05, 3.63) is 70.0 Å². The van der Waals surface area contributed by atoms with Crippen molar-refractivity contribution in [1.29, 1.82) is 0 Å². The van der Waals surface area contributed by atoms with Crippen LogP contribution in [-0.4, -0.2) is 42.3 Å². The maximum Gasteiger partial charge on any atom is 0.133 e. The monoisotopic (exact) mass is 381 g/mol. The molecule has 3 nitrogen and oxygen atoms in total. The lowest BCUT2D eigenvalue weighted by molar-refractivity contribution is 0.131. The number of halogens is 3. The van der Waals surface area contributed by atoms with Crippen molar-refractivity contribution in [2.24, 2.45) is 5.10 Å². The molecule has 134 valence electrons. The second-order valence-electron chi connectivity index (χ2n) is 6.10. The van der Waals surface area contributed by atoms with Crippen molar-refractivity contribution in [2.45, 2.75) is 13.5 Å². The Balaban J connectivity index is 0.00000225. The number of hydrogen-bond donors (Lipinski definition) is 0. The molecule has 25 heavy (non-hydrogen) atoms. The highest BCUT2D eigenvalue weighted by Gasteiger charge is 2.15. The maximum atomic E-state index is 13.7. The van der Waals surface area contributed by atoms with Crippen LogP contribution in [0.3, 0.4) is 0 Å². The zero-order valence-corrected chi connectivity index (χ0v) is 15.7. The van der Waals surface area contributed by atoms with E-state index in [1.807, 2.05) is 5.01 Å². The first-order valence-corrected chi connectivity index (χ1v) is 8.50. The molecule has 1 aliphatic heterocycles. The van der Waals surface area contributed by atoms with Gasteiger partial charge >= 0.3 is 0 Å². The molecule has 1 fully saturated rings. The normalized spacial score (nSPS) is 15.4. The number of rotatable bonds is 4. The van der Waals surface area contributed by atoms with Gasteiger partial charge in [-0.25, -0.2) is 4.39 Å². The Labute approximate surface area is 159 Å². The second-order valence-corrected chi connectivity index (χ2v) is 6.50. The summed E-state index contributed by atoms with van der Waals surface area (Å²) in [7, 11) is 0. The van der Waals surface area contributed by atoms with Gasteiger partial charge in [-0.2, -0.15) is 5.10 Å². The molecule has 0 amide bonds. The van der Waals surface area contributed by atoms with E-state index in [0.29, 0.717) is 10.6 Å². The summed E-state index contributed by atoms with van der Waals surface area (Å²) in [5.74, 6) is -0.343. The smallest absolute Gasteiger partial charge is 0.133 e. The zero-order chi connectivity index (χ0) is 16.9. The maximum absolute atomic E-state index is 13.7. The van der Waals surface area contributed by atoms with Gasteiger partial charge in [-0.05, 0) is 24.6 Å². The molecule has 1 saturated heterocycles. The number of piperazine rings is 1. The fraction of sp³-hybridized carbons (Fsp3) is 0.316. The molecule has 0 radical (unpaired) electrons. The van der Waals surface area contributed by atoms with Crippen LogP contribution < -0.4 is 0 Å². The van der Waals surface area contributed by atoms with Crippen LogP contribution in [0.25, 0.3) is 0 Å². The molecule has 0 atom stereocenters. The van der Waals surface area contributed by atoms with Crippen LogP contribution in [0.2, 0.25) is 5.02 Å². The Bertz CT molecular complexity index is 691. The van der Waals surface area contributed by atoms with Crippen molar-refractivity contribution in [1.82, 2.24) is 9.91 Å². The molecule has 6 heteroatoms. The summed E-state index contributed by atoms with van der Waals surface area (Å²) in [5.41, 5.74) is 2.96. The van der Waals surface area contributed by atoms with Crippen molar-refractivity contribution >= 4 is 30.2 Å². The quantitative estimate of drug-likeness (QED) is 0.732. The van der Waals surface area contributed by atoms with Crippen LogP contribution in [0.5, 0.6) is 0 Å². The van der Waals surface area contributed by atoms with Gasteiger partial charge in [0.05, 0.1) is 11.2 Å². The van der Waals surface area contributed by atoms with Crippen LogP contribution in [-0.2, 0) is 6.54 Å². The first kappa shape index (κ1) is 19.7. The second kappa shape index (κ2) is 9.18. The van der Waals surface area contributed by atoms with Crippen molar-refractivity contribution in [2.75, 3.05) is 26.2 Å². The SMILES string of the molecule is Cc1ccc(CN2CCN(N=Cc3c(F)cccc3Cl)CC2)cc1.Cl. The Kier molecular flexibility index (Phi) is 7.24. The summed E-state index contributed by atoms with van der Waals surface area (Å²) < 4.78 is 13.7. The fourth-order valence-electron chi connectivity index (χ4n) is 2.74. The molecule has 0 spiro atoms. The third kappa shape index (κ3) is 5.43. The lowest BCUT2D eigenvalue weighted by atomic mass is 10.1. The highest BCUT2D eigenvalue weighted by atomic mass is 35.5. The van der Waals surface area contributed by atoms with Crippen molar-refractivity contribution in [3.63, 3.8) is 0 Å². The van der Waals surface area contributed by atoms with E-state index in [4.69, 9.17) is 11.6 Å². The molecule has 0 bridgehead atoms. The summed E-state index contributed by atoms with van der Waals surface area (Å²) in [6, 6.07) is 13.3. The Morgan fingerprint density at radius 3 is 2.40 bits per heavy atom. The summed E-state index contributed by atoms with van der Waals surface area (Å²) in [5, 5.41) is 6.74. The summed E-state index contributed by atoms with van der Waals surface area (Å²) in [6.45, 7) is 6.59. The van der Waals surface area contributed by atoms with Gasteiger partial charge in [-0.1, -0.05) is 47.5 Å². The third-order valence-corrected chi connectivity index (χ3v) is 4.55. The number of hydrogen-bond acceptors (Lipinski definition) is 3. The minimum atomic E-state index is -0.343. The Hall–Kier alpha value is -1.62. The lowest BCUT2D eigenvalue weighted by Gasteiger charge is -2.33. The van der Waals surface area contributed by atoms with Crippen LogP contribution in [0, 0.1) is 12.7 Å². The highest BCUT2D eigenvalue weighted by Crippen LogP contribution is 2.17. The number of hydrazone groups is 1. The number of nitrogens with zero attached hydrogens (tertiary/aromatic N) is 3. The first-order chi connectivity index (χ1) is 11.6. The molecule has 2 aromatic carbocycles. The predicted octanol–water partition coefficient (Wildman–Crippen LogP) is 4.36. The molecule has 0 aliphatic carbocycles. The van der Waals surface area contributed by atoms with Gasteiger partial charge in [0.15, 0.2) is 0 Å². The standard InChI is InChI=1S/C19H21ClFN3.ClH/c1-15-5-7-16(8-6-15)14-23-9-11-24(12-10-23)22-13-17-18(20)3-2-4-19(17)21;/h2-8,13H,9-12,14H2,1H3;1H. The highest BCUT2D eigenvalue weighted by molar-refractivity contribution is 6.33. The van der Waals surface area contributed by atoms with Crippen LogP contribution in [0.1, 0.15) is 16.7 Å². The first-order valence-electron chi connectivity index (χ1n) is 8.12. The van der Waals surface area contributed by atoms with Gasteiger partial charge in [0.1, 0.15) is 5.82 Å². The van der Waals surface area contributed by atoms with Crippen LogP contribution in [0.15, 0.2) is 47.6 Å². The molecule has 0 aromatic heterocycles. The molecular formula is C19H22Cl2FN3. The topological polar surface area (TPSA) is 18.8 Å². The van der Waals surface area contributed by atoms with E-state index >= 15 is 0 Å². The van der Waals surface area contributed by atoms with E-state index in [9.17, 15) is 4.39 Å². The van der Waals surface area contributed by atoms with Gasteiger partial charge in [0, 0.05) is 38.3 Å². The van der Waals surface area contributed by atoms with Crippen molar-refractivity contribution < 1.29 is 4.39 Å². The summed E-state index contributed by atoms with van der Waals surface area (Å²) in [6.07, 6.45) is 1.52. The molecule has 0 N–H and O–H groups in total. The van der Waals surface area contributed by atoms with Gasteiger partial charge in [-0.3, -0.25) is 9.91 Å². The summed E-state index contributed by atoms with van der Waals surface area (Å²) in [4.78, 5) is 2.41. The third-order valence-electron chi connectivity index (χ3n) is 4.23. The fourth-order valence-corrected chi connectivity index (χ4v) is 2.95. The molecule has 0 unspecified atom stereocenters.